The number of likely N-dealkylation sites (N-methyl/N-ethyl adjacent to an activating group) is 2. The Labute approximate surface area is 272 Å². The standard InChI is InChI=1S/C31H39F2N7O6S/c1-19(37(2)3)17-38(4)23-5-6-25(27(16-23)34-22-8-11-46-12-9-22)30(41)35-29-26-18-39(10-7-28(26)40(36-29)31(42)43)47(44,45)24-14-20(32)13-21(33)15-24/h5-6,13-16,19,22,34H,7-12,17-18H2,1-4H3,(H,42,43)(H,35,36,41). The second-order valence-corrected chi connectivity index (χ2v) is 14.0. The van der Waals surface area contributed by atoms with Crippen LogP contribution in [-0.2, 0) is 27.7 Å². The number of sulfonamides is 1. The normalized spacial score (nSPS) is 16.5. The number of carboxylic acid groups (broad SMARTS) is 1. The van der Waals surface area contributed by atoms with Crippen LogP contribution in [0.5, 0.6) is 0 Å². The summed E-state index contributed by atoms with van der Waals surface area (Å²) in [7, 11) is 1.60. The van der Waals surface area contributed by atoms with Crippen molar-refractivity contribution in [2.24, 2.45) is 0 Å². The highest BCUT2D eigenvalue weighted by atomic mass is 32.2. The molecular formula is C31H39F2N7O6S. The van der Waals surface area contributed by atoms with E-state index < -0.39 is 38.6 Å². The van der Waals surface area contributed by atoms with Crippen LogP contribution in [0, 0.1) is 11.6 Å². The van der Waals surface area contributed by atoms with Gasteiger partial charge in [0.05, 0.1) is 16.2 Å². The number of nitrogens with one attached hydrogen (secondary N) is 2. The van der Waals surface area contributed by atoms with Gasteiger partial charge in [0.25, 0.3) is 5.91 Å². The van der Waals surface area contributed by atoms with E-state index in [2.05, 4.69) is 32.5 Å². The molecule has 2 aliphatic rings. The third-order valence-electron chi connectivity index (χ3n) is 8.60. The first-order chi connectivity index (χ1) is 22.2. The molecule has 0 bridgehead atoms. The van der Waals surface area contributed by atoms with Crippen molar-refractivity contribution >= 4 is 39.2 Å². The largest absolute Gasteiger partial charge is 0.463 e. The van der Waals surface area contributed by atoms with Gasteiger partial charge >= 0.3 is 6.09 Å². The first-order valence-corrected chi connectivity index (χ1v) is 16.7. The summed E-state index contributed by atoms with van der Waals surface area (Å²) < 4.78 is 61.7. The fourth-order valence-electron chi connectivity index (χ4n) is 5.67. The molecule has 2 aromatic carbocycles. The number of benzene rings is 2. The number of hydrogen-bond acceptors (Lipinski definition) is 9. The van der Waals surface area contributed by atoms with Crippen molar-refractivity contribution in [2.45, 2.75) is 49.7 Å². The van der Waals surface area contributed by atoms with Crippen molar-refractivity contribution in [3.8, 4) is 0 Å². The second-order valence-electron chi connectivity index (χ2n) is 12.1. The molecule has 254 valence electrons. The van der Waals surface area contributed by atoms with E-state index >= 15 is 0 Å². The molecule has 1 aromatic heterocycles. The van der Waals surface area contributed by atoms with Gasteiger partial charge in [-0.25, -0.2) is 22.0 Å². The highest BCUT2D eigenvalue weighted by Gasteiger charge is 2.35. The minimum absolute atomic E-state index is 0.0574. The summed E-state index contributed by atoms with van der Waals surface area (Å²) >= 11 is 0. The summed E-state index contributed by atoms with van der Waals surface area (Å²) in [6.07, 6.45) is 0.0141. The summed E-state index contributed by atoms with van der Waals surface area (Å²) in [6.45, 7) is 3.47. The number of nitrogens with zero attached hydrogens (tertiary/aromatic N) is 5. The van der Waals surface area contributed by atoms with Crippen LogP contribution in [-0.4, -0.2) is 104 Å². The Kier molecular flexibility index (Phi) is 10.1. The quantitative estimate of drug-likeness (QED) is 0.291. The lowest BCUT2D eigenvalue weighted by molar-refractivity contribution is 0.0904. The van der Waals surface area contributed by atoms with E-state index in [1.54, 1.807) is 6.07 Å². The first-order valence-electron chi connectivity index (χ1n) is 15.2. The zero-order valence-electron chi connectivity index (χ0n) is 26.7. The maximum Gasteiger partial charge on any atom is 0.432 e. The Morgan fingerprint density at radius 2 is 1.79 bits per heavy atom. The van der Waals surface area contributed by atoms with Crippen molar-refractivity contribution in [1.29, 1.82) is 0 Å². The summed E-state index contributed by atoms with van der Waals surface area (Å²) in [5.74, 6) is -2.82. The van der Waals surface area contributed by atoms with Gasteiger partial charge in [0.1, 0.15) is 11.6 Å². The molecular weight excluding hydrogens is 636 g/mol. The second kappa shape index (κ2) is 13.9. The van der Waals surface area contributed by atoms with Crippen LogP contribution < -0.4 is 15.5 Å². The van der Waals surface area contributed by atoms with E-state index in [-0.39, 0.29) is 54.2 Å². The van der Waals surface area contributed by atoms with Crippen LogP contribution in [0.15, 0.2) is 41.3 Å². The molecule has 3 heterocycles. The smallest absolute Gasteiger partial charge is 0.432 e. The summed E-state index contributed by atoms with van der Waals surface area (Å²) in [4.78, 5) is 29.5. The Balaban J connectivity index is 1.46. The molecule has 47 heavy (non-hydrogen) atoms. The maximum absolute atomic E-state index is 13.9. The Bertz CT molecular complexity index is 1740. The lowest BCUT2D eigenvalue weighted by Gasteiger charge is -2.29. The Hall–Kier alpha value is -4.12. The molecule has 0 radical (unpaired) electrons. The molecule has 0 aliphatic carbocycles. The van der Waals surface area contributed by atoms with Crippen molar-refractivity contribution in [3.05, 3.63) is 64.9 Å². The number of hydrogen-bond donors (Lipinski definition) is 3. The summed E-state index contributed by atoms with van der Waals surface area (Å²) in [5, 5.41) is 20.1. The molecule has 3 N–H and O–H groups in total. The number of ether oxygens (including phenoxy) is 1. The molecule has 2 aliphatic heterocycles. The first kappa shape index (κ1) is 34.2. The van der Waals surface area contributed by atoms with Gasteiger partial charge in [-0.2, -0.15) is 8.99 Å². The van der Waals surface area contributed by atoms with Gasteiger partial charge in [-0.05, 0) is 64.2 Å². The zero-order chi connectivity index (χ0) is 34.0. The number of aromatic nitrogens is 2. The van der Waals surface area contributed by atoms with Gasteiger partial charge in [0.15, 0.2) is 5.82 Å². The molecule has 1 unspecified atom stereocenters. The Morgan fingerprint density at radius 1 is 1.11 bits per heavy atom. The number of rotatable bonds is 10. The van der Waals surface area contributed by atoms with Crippen LogP contribution in [0.2, 0.25) is 0 Å². The monoisotopic (exact) mass is 675 g/mol. The molecule has 16 heteroatoms. The third kappa shape index (κ3) is 7.56. The highest BCUT2D eigenvalue weighted by Crippen LogP contribution is 2.32. The fraction of sp³-hybridized carbons (Fsp3) is 0.452. The zero-order valence-corrected chi connectivity index (χ0v) is 27.5. The average Bonchev–Trinajstić information content (AvgIpc) is 3.38. The molecule has 1 saturated heterocycles. The van der Waals surface area contributed by atoms with Crippen molar-refractivity contribution in [2.75, 3.05) is 63.0 Å². The lowest BCUT2D eigenvalue weighted by atomic mass is 10.1. The maximum atomic E-state index is 13.9. The van der Waals surface area contributed by atoms with Crippen LogP contribution in [0.25, 0.3) is 0 Å². The lowest BCUT2D eigenvalue weighted by Crippen LogP contribution is -2.37. The number of carbonyl (C=O) groups is 2. The number of anilines is 3. The Morgan fingerprint density at radius 3 is 2.43 bits per heavy atom. The van der Waals surface area contributed by atoms with Crippen LogP contribution >= 0.6 is 0 Å². The van der Waals surface area contributed by atoms with Crippen molar-refractivity contribution < 1.29 is 36.6 Å². The molecule has 3 aromatic rings. The summed E-state index contributed by atoms with van der Waals surface area (Å²) in [6, 6.07) is 7.71. The molecule has 0 spiro atoms. The van der Waals surface area contributed by atoms with Gasteiger partial charge in [-0.15, -0.1) is 5.10 Å². The molecule has 1 atom stereocenters. The van der Waals surface area contributed by atoms with E-state index in [1.165, 1.54) is 0 Å². The van der Waals surface area contributed by atoms with Crippen LogP contribution in [0.1, 0.15) is 41.4 Å². The van der Waals surface area contributed by atoms with Crippen LogP contribution in [0.3, 0.4) is 0 Å². The predicted molar refractivity (Wildman–Crippen MR) is 172 cm³/mol. The molecule has 1 fully saturated rings. The van der Waals surface area contributed by atoms with Crippen LogP contribution in [0.4, 0.5) is 30.8 Å². The van der Waals surface area contributed by atoms with Gasteiger partial charge in [0.2, 0.25) is 10.0 Å². The number of halogens is 2. The minimum Gasteiger partial charge on any atom is -0.463 e. The van der Waals surface area contributed by atoms with E-state index in [1.807, 2.05) is 33.3 Å². The molecule has 13 nitrogen and oxygen atoms in total. The predicted octanol–water partition coefficient (Wildman–Crippen LogP) is 3.66. The molecule has 5 rings (SSSR count). The SMILES string of the molecule is CC(CN(C)c1ccc(C(=O)Nc2nn(C(=O)O)c3c2CN(S(=O)(=O)c2cc(F)cc(F)c2)CC3)c(NC2CCOCC2)c1)N(C)C. The van der Waals surface area contributed by atoms with Gasteiger partial charge in [-0.1, -0.05) is 0 Å². The van der Waals surface area contributed by atoms with E-state index in [9.17, 15) is 31.9 Å². The third-order valence-corrected chi connectivity index (χ3v) is 10.4. The fourth-order valence-corrected chi connectivity index (χ4v) is 7.13. The van der Waals surface area contributed by atoms with E-state index in [0.717, 1.165) is 29.4 Å². The van der Waals surface area contributed by atoms with Gasteiger partial charge in [-0.3, -0.25) is 4.79 Å². The highest BCUT2D eigenvalue weighted by molar-refractivity contribution is 7.89. The van der Waals surface area contributed by atoms with E-state index in [4.69, 9.17) is 4.74 Å². The molecule has 1 amide bonds. The van der Waals surface area contributed by atoms with Crippen molar-refractivity contribution in [3.63, 3.8) is 0 Å². The van der Waals surface area contributed by atoms with Crippen molar-refractivity contribution in [1.82, 2.24) is 19.0 Å². The van der Waals surface area contributed by atoms with Gasteiger partial charge < -0.3 is 30.3 Å². The number of fused-ring (bicyclic) bond motifs is 1. The van der Waals surface area contributed by atoms with E-state index in [0.29, 0.717) is 41.8 Å². The minimum atomic E-state index is -4.38. The average molecular weight is 676 g/mol. The summed E-state index contributed by atoms with van der Waals surface area (Å²) in [5.41, 5.74) is 2.10. The molecule has 0 saturated carbocycles. The van der Waals surface area contributed by atoms with Gasteiger partial charge in [0, 0.05) is 81.4 Å². The number of carbonyl (C=O) groups excluding carboxylic acids is 1. The topological polar surface area (TPSA) is 149 Å². The number of amides is 1.